The van der Waals surface area contributed by atoms with Crippen LogP contribution >= 0.6 is 11.3 Å². The number of nitrogens with one attached hydrogen (secondary N) is 1. The van der Waals surface area contributed by atoms with Crippen LogP contribution in [0.5, 0.6) is 0 Å². The zero-order valence-corrected chi connectivity index (χ0v) is 16.6. The number of nitrogens with two attached hydrogens (primary N) is 1. The predicted molar refractivity (Wildman–Crippen MR) is 115 cm³/mol. The van der Waals surface area contributed by atoms with Gasteiger partial charge < -0.3 is 15.8 Å². The minimum atomic E-state index is -0.383. The van der Waals surface area contributed by atoms with Crippen LogP contribution in [-0.4, -0.2) is 27.5 Å². The molecule has 0 aliphatic carbocycles. The first kappa shape index (κ1) is 18.8. The van der Waals surface area contributed by atoms with Crippen molar-refractivity contribution >= 4 is 39.8 Å². The van der Waals surface area contributed by atoms with Crippen molar-refractivity contribution in [3.63, 3.8) is 0 Å². The van der Waals surface area contributed by atoms with E-state index in [1.807, 2.05) is 18.2 Å². The average Bonchev–Trinajstić information content (AvgIpc) is 3.22. The van der Waals surface area contributed by atoms with Crippen molar-refractivity contribution < 1.29 is 9.53 Å². The summed E-state index contributed by atoms with van der Waals surface area (Å²) in [7, 11) is 0. The summed E-state index contributed by atoms with van der Waals surface area (Å²) >= 11 is 1.66. The normalized spacial score (nSPS) is 10.8. The number of thiophene rings is 1. The Bertz CT molecular complexity index is 1170. The highest BCUT2D eigenvalue weighted by molar-refractivity contribution is 7.15. The molecule has 0 aliphatic rings. The van der Waals surface area contributed by atoms with Gasteiger partial charge in [0.15, 0.2) is 0 Å². The molecule has 7 nitrogen and oxygen atoms in total. The molecule has 0 bridgehead atoms. The second-order valence-electron chi connectivity index (χ2n) is 6.23. The van der Waals surface area contributed by atoms with E-state index in [9.17, 15) is 4.79 Å². The van der Waals surface area contributed by atoms with E-state index in [0.717, 1.165) is 26.2 Å². The monoisotopic (exact) mass is 405 g/mol. The fraction of sp³-hybridized carbons (Fsp3) is 0.143. The third-order valence-corrected chi connectivity index (χ3v) is 5.48. The third-order valence-electron chi connectivity index (χ3n) is 4.35. The Hall–Kier alpha value is -3.52. The summed E-state index contributed by atoms with van der Waals surface area (Å²) in [5.41, 5.74) is 8.28. The van der Waals surface area contributed by atoms with Crippen molar-refractivity contribution in [3.05, 3.63) is 65.4 Å². The molecule has 0 unspecified atom stereocenters. The largest absolute Gasteiger partial charge is 0.462 e. The first-order valence-electron chi connectivity index (χ1n) is 9.11. The van der Waals surface area contributed by atoms with Crippen LogP contribution in [-0.2, 0) is 11.3 Å². The van der Waals surface area contributed by atoms with Gasteiger partial charge in [0.25, 0.3) is 0 Å². The molecule has 0 fully saturated rings. The van der Waals surface area contributed by atoms with E-state index < -0.39 is 0 Å². The lowest BCUT2D eigenvalue weighted by Gasteiger charge is -2.09. The molecule has 0 aliphatic heterocycles. The van der Waals surface area contributed by atoms with Gasteiger partial charge in [-0.2, -0.15) is 0 Å². The summed E-state index contributed by atoms with van der Waals surface area (Å²) in [4.78, 5) is 26.9. The Kier molecular flexibility index (Phi) is 5.35. The SMILES string of the molecule is CCOC(=O)c1cccnc1NCc1ccc(-c2ccc3ncnc(N)c3c2)s1. The average molecular weight is 405 g/mol. The standard InChI is InChI=1S/C21H19N5O2S/c1-2-28-21(27)15-4-3-9-23-20(15)24-11-14-6-8-18(29-14)13-5-7-17-16(10-13)19(22)26-12-25-17/h3-10,12H,2,11H2,1H3,(H,23,24)(H2,22,25,26). The van der Waals surface area contributed by atoms with Crippen molar-refractivity contribution in [2.45, 2.75) is 13.5 Å². The number of anilines is 2. The predicted octanol–water partition coefficient (Wildman–Crippen LogP) is 4.12. The molecule has 0 saturated heterocycles. The number of hydrogen-bond acceptors (Lipinski definition) is 8. The highest BCUT2D eigenvalue weighted by atomic mass is 32.1. The number of carbonyl (C=O) groups is 1. The maximum atomic E-state index is 12.1. The Morgan fingerprint density at radius 1 is 1.17 bits per heavy atom. The molecular formula is C21H19N5O2S. The number of pyridine rings is 1. The first-order valence-corrected chi connectivity index (χ1v) is 9.92. The molecule has 29 heavy (non-hydrogen) atoms. The van der Waals surface area contributed by atoms with Crippen LogP contribution in [0.1, 0.15) is 22.2 Å². The number of aromatic nitrogens is 3. The molecule has 3 N–H and O–H groups in total. The van der Waals surface area contributed by atoms with Crippen molar-refractivity contribution in [3.8, 4) is 10.4 Å². The van der Waals surface area contributed by atoms with Gasteiger partial charge in [-0.15, -0.1) is 11.3 Å². The number of carbonyl (C=O) groups excluding carboxylic acids is 1. The Balaban J connectivity index is 1.52. The molecule has 146 valence electrons. The fourth-order valence-electron chi connectivity index (χ4n) is 2.95. The van der Waals surface area contributed by atoms with Crippen LogP contribution in [0.25, 0.3) is 21.3 Å². The van der Waals surface area contributed by atoms with Gasteiger partial charge >= 0.3 is 5.97 Å². The van der Waals surface area contributed by atoms with Crippen LogP contribution in [0.2, 0.25) is 0 Å². The van der Waals surface area contributed by atoms with Crippen molar-refractivity contribution in [1.29, 1.82) is 0 Å². The van der Waals surface area contributed by atoms with Gasteiger partial charge in [-0.25, -0.2) is 19.7 Å². The van der Waals surface area contributed by atoms with Crippen LogP contribution in [0.3, 0.4) is 0 Å². The van der Waals surface area contributed by atoms with Crippen LogP contribution in [0.4, 0.5) is 11.6 Å². The van der Waals surface area contributed by atoms with E-state index in [1.165, 1.54) is 6.33 Å². The summed E-state index contributed by atoms with van der Waals surface area (Å²) in [6.07, 6.45) is 3.11. The fourth-order valence-corrected chi connectivity index (χ4v) is 3.89. The lowest BCUT2D eigenvalue weighted by Crippen LogP contribution is -2.10. The number of nitrogens with zero attached hydrogens (tertiary/aromatic N) is 3. The van der Waals surface area contributed by atoms with Gasteiger partial charge in [0.1, 0.15) is 23.5 Å². The van der Waals surface area contributed by atoms with Gasteiger partial charge in [0.05, 0.1) is 18.7 Å². The molecule has 3 heterocycles. The summed E-state index contributed by atoms with van der Waals surface area (Å²) < 4.78 is 5.09. The highest BCUT2D eigenvalue weighted by Gasteiger charge is 2.13. The number of rotatable bonds is 6. The minimum absolute atomic E-state index is 0.322. The molecule has 0 amide bonds. The topological polar surface area (TPSA) is 103 Å². The molecular weight excluding hydrogens is 386 g/mol. The molecule has 0 spiro atoms. The number of fused-ring (bicyclic) bond motifs is 1. The molecule has 0 saturated carbocycles. The number of esters is 1. The van der Waals surface area contributed by atoms with Gasteiger partial charge in [-0.1, -0.05) is 6.07 Å². The van der Waals surface area contributed by atoms with Crippen molar-refractivity contribution in [1.82, 2.24) is 15.0 Å². The number of nitrogen functional groups attached to an aromatic ring is 1. The Labute approximate surface area is 171 Å². The van der Waals surface area contributed by atoms with E-state index in [0.29, 0.717) is 30.4 Å². The second kappa shape index (κ2) is 8.24. The maximum Gasteiger partial charge on any atom is 0.341 e. The van der Waals surface area contributed by atoms with E-state index in [-0.39, 0.29) is 5.97 Å². The smallest absolute Gasteiger partial charge is 0.341 e. The molecule has 0 atom stereocenters. The summed E-state index contributed by atoms with van der Waals surface area (Å²) in [5.74, 6) is 0.597. The van der Waals surface area contributed by atoms with Crippen molar-refractivity contribution in [2.24, 2.45) is 0 Å². The molecule has 3 aromatic heterocycles. The molecule has 0 radical (unpaired) electrons. The van der Waals surface area contributed by atoms with Crippen LogP contribution in [0, 0.1) is 0 Å². The summed E-state index contributed by atoms with van der Waals surface area (Å²) in [5, 5.41) is 4.07. The van der Waals surface area contributed by atoms with E-state index >= 15 is 0 Å². The molecule has 8 heteroatoms. The van der Waals surface area contributed by atoms with Crippen LogP contribution < -0.4 is 11.1 Å². The lowest BCUT2D eigenvalue weighted by atomic mass is 10.1. The van der Waals surface area contributed by atoms with Crippen molar-refractivity contribution in [2.75, 3.05) is 17.7 Å². The Morgan fingerprint density at radius 2 is 2.07 bits per heavy atom. The number of benzene rings is 1. The summed E-state index contributed by atoms with van der Waals surface area (Å²) in [6.45, 7) is 2.65. The van der Waals surface area contributed by atoms with E-state index in [2.05, 4.69) is 32.4 Å². The highest BCUT2D eigenvalue weighted by Crippen LogP contribution is 2.31. The zero-order chi connectivity index (χ0) is 20.2. The quantitative estimate of drug-likeness (QED) is 0.465. The Morgan fingerprint density at radius 3 is 2.93 bits per heavy atom. The second-order valence-corrected chi connectivity index (χ2v) is 7.40. The molecule has 4 aromatic rings. The first-order chi connectivity index (χ1) is 14.2. The summed E-state index contributed by atoms with van der Waals surface area (Å²) in [6, 6.07) is 13.5. The van der Waals surface area contributed by atoms with Gasteiger partial charge in [0, 0.05) is 21.3 Å². The van der Waals surface area contributed by atoms with Gasteiger partial charge in [-0.3, -0.25) is 0 Å². The van der Waals surface area contributed by atoms with Crippen LogP contribution in [0.15, 0.2) is 55.0 Å². The van der Waals surface area contributed by atoms with E-state index in [1.54, 1.807) is 36.6 Å². The number of ether oxygens (including phenoxy) is 1. The minimum Gasteiger partial charge on any atom is -0.462 e. The zero-order valence-electron chi connectivity index (χ0n) is 15.8. The van der Waals surface area contributed by atoms with E-state index in [4.69, 9.17) is 10.5 Å². The lowest BCUT2D eigenvalue weighted by molar-refractivity contribution is 0.0527. The van der Waals surface area contributed by atoms with Gasteiger partial charge in [0.2, 0.25) is 0 Å². The third kappa shape index (κ3) is 4.02. The number of hydrogen-bond donors (Lipinski definition) is 2. The van der Waals surface area contributed by atoms with Gasteiger partial charge in [-0.05, 0) is 48.9 Å². The molecule has 4 rings (SSSR count). The molecule has 1 aromatic carbocycles. The maximum absolute atomic E-state index is 12.1.